The molecule has 0 fully saturated rings. The highest BCUT2D eigenvalue weighted by atomic mass is 32.2. The number of fused-ring (bicyclic) bond motifs is 1. The van der Waals surface area contributed by atoms with Gasteiger partial charge in [0.1, 0.15) is 18.3 Å². The normalized spacial score (nSPS) is 21.4. The van der Waals surface area contributed by atoms with Crippen LogP contribution in [-0.4, -0.2) is 38.7 Å². The van der Waals surface area contributed by atoms with Crippen molar-refractivity contribution in [3.8, 4) is 0 Å². The van der Waals surface area contributed by atoms with Crippen molar-refractivity contribution in [2.45, 2.75) is 19.5 Å². The summed E-state index contributed by atoms with van der Waals surface area (Å²) in [7, 11) is -3.58. The van der Waals surface area contributed by atoms with Gasteiger partial charge in [0.25, 0.3) is 0 Å². The van der Waals surface area contributed by atoms with E-state index in [9.17, 15) is 17.6 Å². The Hall–Kier alpha value is -2.55. The summed E-state index contributed by atoms with van der Waals surface area (Å²) in [6.07, 6.45) is 4.67. The summed E-state index contributed by atoms with van der Waals surface area (Å²) < 4.78 is 39.9. The van der Waals surface area contributed by atoms with Gasteiger partial charge in [0.05, 0.1) is 17.4 Å². The van der Waals surface area contributed by atoms with Crippen molar-refractivity contribution < 1.29 is 17.6 Å². The largest absolute Gasteiger partial charge is 0.369 e. The van der Waals surface area contributed by atoms with Crippen LogP contribution in [0.15, 0.2) is 40.0 Å². The SMILES string of the molecule is CCCS(=O)(=O)Nc1cc(F)cc(C(=O)C2=CNC3N=CN=CC23)c1. The minimum absolute atomic E-state index is 0.0234. The van der Waals surface area contributed by atoms with Crippen molar-refractivity contribution in [3.63, 3.8) is 0 Å². The Morgan fingerprint density at radius 1 is 1.36 bits per heavy atom. The number of hydrogen-bond donors (Lipinski definition) is 2. The summed E-state index contributed by atoms with van der Waals surface area (Å²) >= 11 is 0. The fourth-order valence-electron chi connectivity index (χ4n) is 2.75. The fraction of sp³-hybridized carbons (Fsp3) is 0.312. The Kier molecular flexibility index (Phi) is 4.67. The predicted octanol–water partition coefficient (Wildman–Crippen LogP) is 1.70. The summed E-state index contributed by atoms with van der Waals surface area (Å²) in [5, 5.41) is 2.97. The molecule has 1 aromatic rings. The first-order valence-electron chi connectivity index (χ1n) is 7.76. The van der Waals surface area contributed by atoms with E-state index >= 15 is 0 Å². The molecule has 0 spiro atoms. The summed E-state index contributed by atoms with van der Waals surface area (Å²) in [6, 6.07) is 3.45. The van der Waals surface area contributed by atoms with Gasteiger partial charge in [-0.3, -0.25) is 9.52 Å². The number of aliphatic imine (C=N–C) groups is 2. The molecule has 1 aromatic carbocycles. The summed E-state index contributed by atoms with van der Waals surface area (Å²) in [5.74, 6) is -1.52. The summed E-state index contributed by atoms with van der Waals surface area (Å²) in [5.41, 5.74) is 0.486. The molecule has 0 saturated heterocycles. The molecule has 2 atom stereocenters. The summed E-state index contributed by atoms with van der Waals surface area (Å²) in [4.78, 5) is 20.8. The molecule has 2 aliphatic rings. The minimum Gasteiger partial charge on any atom is -0.369 e. The van der Waals surface area contributed by atoms with E-state index in [0.29, 0.717) is 12.0 Å². The molecule has 0 radical (unpaired) electrons. The number of nitrogens with one attached hydrogen (secondary N) is 2. The van der Waals surface area contributed by atoms with Crippen LogP contribution in [0.25, 0.3) is 0 Å². The van der Waals surface area contributed by atoms with E-state index in [-0.39, 0.29) is 29.1 Å². The maximum Gasteiger partial charge on any atom is 0.232 e. The van der Waals surface area contributed by atoms with Crippen molar-refractivity contribution in [2.75, 3.05) is 10.5 Å². The molecule has 3 rings (SSSR count). The molecule has 0 aliphatic carbocycles. The standard InChI is InChI=1S/C16H17FN4O3S/c1-2-3-25(23,24)21-12-5-10(4-11(17)6-12)15(22)13-8-19-16-14(13)7-18-9-20-16/h4-9,14,16,19,21H,2-3H2,1H3. The second kappa shape index (κ2) is 6.75. The lowest BCUT2D eigenvalue weighted by atomic mass is 9.93. The van der Waals surface area contributed by atoms with Crippen molar-refractivity contribution in [1.82, 2.24) is 5.32 Å². The van der Waals surface area contributed by atoms with Gasteiger partial charge in [-0.1, -0.05) is 6.92 Å². The maximum atomic E-state index is 13.9. The zero-order valence-electron chi connectivity index (χ0n) is 13.4. The minimum atomic E-state index is -3.58. The van der Waals surface area contributed by atoms with Gasteiger partial charge < -0.3 is 5.32 Å². The first kappa shape index (κ1) is 17.3. The molecule has 7 nitrogen and oxygen atoms in total. The van der Waals surface area contributed by atoms with Crippen LogP contribution in [-0.2, 0) is 10.0 Å². The van der Waals surface area contributed by atoms with Crippen LogP contribution < -0.4 is 10.0 Å². The zero-order chi connectivity index (χ0) is 18.0. The Morgan fingerprint density at radius 3 is 2.92 bits per heavy atom. The third kappa shape index (κ3) is 3.76. The first-order valence-corrected chi connectivity index (χ1v) is 9.41. The number of Topliss-reactive ketones (excluding diaryl/α,β-unsaturated/α-hetero) is 1. The van der Waals surface area contributed by atoms with Gasteiger partial charge >= 0.3 is 0 Å². The second-order valence-corrected chi connectivity index (χ2v) is 7.62. The molecule has 132 valence electrons. The van der Waals surface area contributed by atoms with Crippen LogP contribution >= 0.6 is 0 Å². The molecule has 9 heteroatoms. The molecular formula is C16H17FN4O3S. The van der Waals surface area contributed by atoms with Crippen molar-refractivity contribution in [2.24, 2.45) is 15.9 Å². The van der Waals surface area contributed by atoms with Crippen molar-refractivity contribution in [1.29, 1.82) is 0 Å². The van der Waals surface area contributed by atoms with Gasteiger partial charge in [-0.2, -0.15) is 0 Å². The molecule has 2 N–H and O–H groups in total. The van der Waals surface area contributed by atoms with Crippen LogP contribution in [0.4, 0.5) is 10.1 Å². The number of nitrogens with zero attached hydrogens (tertiary/aromatic N) is 2. The van der Waals surface area contributed by atoms with Gasteiger partial charge in [-0.25, -0.2) is 22.8 Å². The van der Waals surface area contributed by atoms with E-state index in [2.05, 4.69) is 20.0 Å². The smallest absolute Gasteiger partial charge is 0.232 e. The number of ketones is 1. The Labute approximate surface area is 144 Å². The van der Waals surface area contributed by atoms with Crippen LogP contribution in [0.5, 0.6) is 0 Å². The molecule has 2 aliphatic heterocycles. The van der Waals surface area contributed by atoms with E-state index < -0.39 is 21.6 Å². The third-order valence-corrected chi connectivity index (χ3v) is 5.31. The Balaban J connectivity index is 1.86. The highest BCUT2D eigenvalue weighted by Crippen LogP contribution is 2.27. The molecule has 2 unspecified atom stereocenters. The molecule has 0 bridgehead atoms. The van der Waals surface area contributed by atoms with Crippen molar-refractivity contribution >= 4 is 34.0 Å². The maximum absolute atomic E-state index is 13.9. The molecule has 25 heavy (non-hydrogen) atoms. The van der Waals surface area contributed by atoms with Gasteiger partial charge in [0.2, 0.25) is 10.0 Å². The molecule has 0 aromatic heterocycles. The van der Waals surface area contributed by atoms with Crippen LogP contribution in [0.1, 0.15) is 23.7 Å². The average Bonchev–Trinajstić information content (AvgIpc) is 2.97. The van der Waals surface area contributed by atoms with Gasteiger partial charge in [-0.15, -0.1) is 0 Å². The number of sulfonamides is 1. The second-order valence-electron chi connectivity index (χ2n) is 5.78. The number of hydrogen-bond acceptors (Lipinski definition) is 6. The van der Waals surface area contributed by atoms with Crippen molar-refractivity contribution in [3.05, 3.63) is 41.4 Å². The lowest BCUT2D eigenvalue weighted by Crippen LogP contribution is -2.29. The number of benzene rings is 1. The molecule has 2 heterocycles. The average molecular weight is 364 g/mol. The van der Waals surface area contributed by atoms with Crippen LogP contribution in [0.3, 0.4) is 0 Å². The molecule has 0 amide bonds. The lowest BCUT2D eigenvalue weighted by Gasteiger charge is -2.17. The van der Waals surface area contributed by atoms with E-state index in [1.54, 1.807) is 13.1 Å². The van der Waals surface area contributed by atoms with E-state index in [1.807, 2.05) is 0 Å². The number of halogens is 1. The monoisotopic (exact) mass is 364 g/mol. The predicted molar refractivity (Wildman–Crippen MR) is 93.9 cm³/mol. The van der Waals surface area contributed by atoms with E-state index in [1.165, 1.54) is 18.6 Å². The van der Waals surface area contributed by atoms with Gasteiger partial charge in [-0.05, 0) is 24.6 Å². The fourth-order valence-corrected chi connectivity index (χ4v) is 3.86. The number of carbonyl (C=O) groups excluding carboxylic acids is 1. The highest BCUT2D eigenvalue weighted by Gasteiger charge is 2.33. The Morgan fingerprint density at radius 2 is 2.16 bits per heavy atom. The number of anilines is 1. The van der Waals surface area contributed by atoms with Crippen LogP contribution in [0.2, 0.25) is 0 Å². The van der Waals surface area contributed by atoms with Gasteiger partial charge in [0, 0.05) is 23.6 Å². The topological polar surface area (TPSA) is 100.0 Å². The molecule has 0 saturated carbocycles. The molecular weight excluding hydrogens is 347 g/mol. The van der Waals surface area contributed by atoms with E-state index in [0.717, 1.165) is 12.1 Å². The number of carbonyl (C=O) groups is 1. The Bertz CT molecular complexity index is 893. The number of rotatable bonds is 6. The summed E-state index contributed by atoms with van der Waals surface area (Å²) in [6.45, 7) is 1.73. The first-order chi connectivity index (χ1) is 11.9. The quantitative estimate of drug-likeness (QED) is 0.751. The zero-order valence-corrected chi connectivity index (χ0v) is 14.3. The van der Waals surface area contributed by atoms with Gasteiger partial charge in [0.15, 0.2) is 5.78 Å². The third-order valence-electron chi connectivity index (χ3n) is 3.82. The lowest BCUT2D eigenvalue weighted by molar-refractivity contribution is 0.102. The van der Waals surface area contributed by atoms with Crippen LogP contribution in [0, 0.1) is 11.7 Å². The van der Waals surface area contributed by atoms with E-state index in [4.69, 9.17) is 0 Å². The highest BCUT2D eigenvalue weighted by molar-refractivity contribution is 7.92.